The summed E-state index contributed by atoms with van der Waals surface area (Å²) in [5.74, 6) is 6.57. The molecule has 4 heteroatoms. The second kappa shape index (κ2) is 6.00. The Labute approximate surface area is 112 Å². The minimum atomic E-state index is 0.109. The minimum Gasteiger partial charge on any atom is -0.496 e. The summed E-state index contributed by atoms with van der Waals surface area (Å²) in [4.78, 5) is 1.32. The fourth-order valence-electron chi connectivity index (χ4n) is 1.96. The van der Waals surface area contributed by atoms with Crippen LogP contribution >= 0.6 is 11.3 Å². The fourth-order valence-corrected chi connectivity index (χ4v) is 2.71. The highest BCUT2D eigenvalue weighted by molar-refractivity contribution is 7.09. The molecule has 1 aromatic carbocycles. The highest BCUT2D eigenvalue weighted by Gasteiger charge is 2.12. The van der Waals surface area contributed by atoms with E-state index < -0.39 is 0 Å². The highest BCUT2D eigenvalue weighted by Crippen LogP contribution is 2.26. The van der Waals surface area contributed by atoms with Crippen LogP contribution < -0.4 is 16.0 Å². The summed E-state index contributed by atoms with van der Waals surface area (Å²) in [6.07, 6.45) is 0.889. The molecule has 0 fully saturated rings. The third-order valence-electron chi connectivity index (χ3n) is 3.02. The van der Waals surface area contributed by atoms with Crippen molar-refractivity contribution in [3.63, 3.8) is 0 Å². The third-order valence-corrected chi connectivity index (χ3v) is 3.92. The number of hydrogen-bond acceptors (Lipinski definition) is 4. The summed E-state index contributed by atoms with van der Waals surface area (Å²) in [7, 11) is 1.69. The molecule has 18 heavy (non-hydrogen) atoms. The van der Waals surface area contributed by atoms with E-state index in [9.17, 15) is 0 Å². The Hall–Kier alpha value is -1.36. The minimum absolute atomic E-state index is 0.109. The molecule has 1 aromatic heterocycles. The number of ether oxygens (including phenoxy) is 1. The molecule has 2 aromatic rings. The van der Waals surface area contributed by atoms with E-state index in [2.05, 4.69) is 35.1 Å². The Bertz CT molecular complexity index is 497. The predicted octanol–water partition coefficient (Wildman–Crippen LogP) is 2.81. The lowest BCUT2D eigenvalue weighted by atomic mass is 10.0. The number of benzene rings is 1. The summed E-state index contributed by atoms with van der Waals surface area (Å²) in [6.45, 7) is 2.03. The van der Waals surface area contributed by atoms with Crippen LogP contribution in [0.5, 0.6) is 5.75 Å². The summed E-state index contributed by atoms with van der Waals surface area (Å²) < 4.78 is 5.35. The average Bonchev–Trinajstić information content (AvgIpc) is 2.89. The number of hydrogen-bond donors (Lipinski definition) is 2. The smallest absolute Gasteiger partial charge is 0.122 e. The number of thiophene rings is 1. The molecule has 0 saturated heterocycles. The molecule has 0 bridgehead atoms. The van der Waals surface area contributed by atoms with Crippen molar-refractivity contribution < 1.29 is 4.74 Å². The average molecular weight is 262 g/mol. The molecular formula is C14H18N2OS. The number of rotatable bonds is 5. The first-order valence-corrected chi connectivity index (χ1v) is 6.75. The van der Waals surface area contributed by atoms with E-state index in [1.807, 2.05) is 13.0 Å². The molecule has 1 unspecified atom stereocenters. The van der Waals surface area contributed by atoms with Crippen LogP contribution in [0.4, 0.5) is 0 Å². The predicted molar refractivity (Wildman–Crippen MR) is 75.8 cm³/mol. The molecule has 0 aliphatic carbocycles. The molecule has 0 radical (unpaired) electrons. The van der Waals surface area contributed by atoms with E-state index in [0.717, 1.165) is 23.3 Å². The maximum absolute atomic E-state index is 5.66. The van der Waals surface area contributed by atoms with E-state index in [1.165, 1.54) is 4.88 Å². The van der Waals surface area contributed by atoms with Gasteiger partial charge in [-0.2, -0.15) is 0 Å². The molecule has 96 valence electrons. The van der Waals surface area contributed by atoms with Gasteiger partial charge in [-0.25, -0.2) is 0 Å². The van der Waals surface area contributed by atoms with E-state index in [1.54, 1.807) is 18.4 Å². The van der Waals surface area contributed by atoms with Crippen LogP contribution in [0.15, 0.2) is 35.7 Å². The van der Waals surface area contributed by atoms with Crippen LogP contribution in [0.2, 0.25) is 0 Å². The van der Waals surface area contributed by atoms with Crippen LogP contribution in [0.1, 0.15) is 22.0 Å². The molecule has 0 aliphatic heterocycles. The fraction of sp³-hybridized carbons (Fsp3) is 0.286. The zero-order valence-corrected chi connectivity index (χ0v) is 11.5. The standard InChI is InChI=1S/C14H18N2OS/c1-10-5-6-11(8-14(10)17-2)13(16-15)9-12-4-3-7-18-12/h3-8,13,16H,9,15H2,1-2H3. The summed E-state index contributed by atoms with van der Waals surface area (Å²) >= 11 is 1.75. The van der Waals surface area contributed by atoms with E-state index in [-0.39, 0.29) is 6.04 Å². The second-order valence-electron chi connectivity index (χ2n) is 4.23. The van der Waals surface area contributed by atoms with Gasteiger partial charge in [0.05, 0.1) is 13.2 Å². The SMILES string of the molecule is COc1cc(C(Cc2cccs2)NN)ccc1C. The number of methoxy groups -OCH3 is 1. The molecule has 0 aliphatic rings. The van der Waals surface area contributed by atoms with Crippen molar-refractivity contribution in [2.75, 3.05) is 7.11 Å². The Morgan fingerprint density at radius 1 is 1.39 bits per heavy atom. The van der Waals surface area contributed by atoms with Crippen molar-refractivity contribution in [1.82, 2.24) is 5.43 Å². The molecule has 1 atom stereocenters. The van der Waals surface area contributed by atoms with Gasteiger partial charge in [-0.3, -0.25) is 11.3 Å². The zero-order chi connectivity index (χ0) is 13.0. The Morgan fingerprint density at radius 2 is 2.22 bits per heavy atom. The van der Waals surface area contributed by atoms with Crippen molar-refractivity contribution in [3.8, 4) is 5.75 Å². The summed E-state index contributed by atoms with van der Waals surface area (Å²) in [6, 6.07) is 10.5. The topological polar surface area (TPSA) is 47.3 Å². The van der Waals surface area contributed by atoms with Crippen LogP contribution in [0.25, 0.3) is 0 Å². The first-order chi connectivity index (χ1) is 8.74. The van der Waals surface area contributed by atoms with Crippen molar-refractivity contribution >= 4 is 11.3 Å². The number of hydrazine groups is 1. The number of nitrogens with one attached hydrogen (secondary N) is 1. The molecule has 3 N–H and O–H groups in total. The normalized spacial score (nSPS) is 12.4. The quantitative estimate of drug-likeness (QED) is 0.643. The van der Waals surface area contributed by atoms with Crippen molar-refractivity contribution in [3.05, 3.63) is 51.7 Å². The van der Waals surface area contributed by atoms with Crippen LogP contribution in [-0.4, -0.2) is 7.11 Å². The molecule has 0 amide bonds. The Balaban J connectivity index is 2.21. The monoisotopic (exact) mass is 262 g/mol. The first kappa shape index (κ1) is 13.1. The zero-order valence-electron chi connectivity index (χ0n) is 10.6. The van der Waals surface area contributed by atoms with Gasteiger partial charge in [-0.1, -0.05) is 18.2 Å². The number of aryl methyl sites for hydroxylation is 1. The lowest BCUT2D eigenvalue weighted by molar-refractivity contribution is 0.410. The van der Waals surface area contributed by atoms with Crippen molar-refractivity contribution in [2.45, 2.75) is 19.4 Å². The van der Waals surface area contributed by atoms with Gasteiger partial charge in [0.2, 0.25) is 0 Å². The maximum atomic E-state index is 5.66. The maximum Gasteiger partial charge on any atom is 0.122 e. The van der Waals surface area contributed by atoms with Gasteiger partial charge in [0.1, 0.15) is 5.75 Å². The molecule has 3 nitrogen and oxygen atoms in total. The van der Waals surface area contributed by atoms with E-state index in [0.29, 0.717) is 0 Å². The van der Waals surface area contributed by atoms with Gasteiger partial charge in [0.15, 0.2) is 0 Å². The Morgan fingerprint density at radius 3 is 2.83 bits per heavy atom. The van der Waals surface area contributed by atoms with Gasteiger partial charge in [0, 0.05) is 11.3 Å². The second-order valence-corrected chi connectivity index (χ2v) is 5.26. The summed E-state index contributed by atoms with van der Waals surface area (Å²) in [5.41, 5.74) is 5.16. The van der Waals surface area contributed by atoms with E-state index in [4.69, 9.17) is 10.6 Å². The first-order valence-electron chi connectivity index (χ1n) is 5.87. The molecule has 0 saturated carbocycles. The van der Waals surface area contributed by atoms with Gasteiger partial charge in [-0.15, -0.1) is 11.3 Å². The van der Waals surface area contributed by atoms with Gasteiger partial charge in [-0.05, 0) is 35.6 Å². The lowest BCUT2D eigenvalue weighted by Gasteiger charge is -2.17. The van der Waals surface area contributed by atoms with Crippen molar-refractivity contribution in [2.24, 2.45) is 5.84 Å². The molecule has 2 rings (SSSR count). The van der Waals surface area contributed by atoms with Crippen molar-refractivity contribution in [1.29, 1.82) is 0 Å². The van der Waals surface area contributed by atoms with Crippen LogP contribution in [-0.2, 0) is 6.42 Å². The largest absolute Gasteiger partial charge is 0.496 e. The van der Waals surface area contributed by atoms with Crippen LogP contribution in [0, 0.1) is 6.92 Å². The highest BCUT2D eigenvalue weighted by atomic mass is 32.1. The third kappa shape index (κ3) is 2.90. The molecule has 0 spiro atoms. The summed E-state index contributed by atoms with van der Waals surface area (Å²) in [5, 5.41) is 2.08. The van der Waals surface area contributed by atoms with Gasteiger partial charge >= 0.3 is 0 Å². The van der Waals surface area contributed by atoms with Gasteiger partial charge in [0.25, 0.3) is 0 Å². The van der Waals surface area contributed by atoms with Gasteiger partial charge < -0.3 is 4.74 Å². The Kier molecular flexibility index (Phi) is 4.36. The van der Waals surface area contributed by atoms with Crippen LogP contribution in [0.3, 0.4) is 0 Å². The molecule has 1 heterocycles. The number of nitrogens with two attached hydrogens (primary N) is 1. The molecular weight excluding hydrogens is 244 g/mol. The lowest BCUT2D eigenvalue weighted by Crippen LogP contribution is -2.29. The van der Waals surface area contributed by atoms with E-state index >= 15 is 0 Å².